The molecule has 0 spiro atoms. The van der Waals surface area contributed by atoms with Gasteiger partial charge in [0.15, 0.2) is 0 Å². The fourth-order valence-electron chi connectivity index (χ4n) is 1.07. The highest BCUT2D eigenvalue weighted by atomic mass is 35.5. The first-order chi connectivity index (χ1) is 7.99. The van der Waals surface area contributed by atoms with E-state index in [1.54, 1.807) is 0 Å². The third-order valence-corrected chi connectivity index (χ3v) is 1.96. The minimum Gasteiger partial charge on any atom is -0.346 e. The average molecular weight is 276 g/mol. The third kappa shape index (κ3) is 5.60. The Hall–Kier alpha value is -1.66. The average Bonchev–Trinajstić information content (AvgIpc) is 2.29. The van der Waals surface area contributed by atoms with Gasteiger partial charge in [-0.15, -0.1) is 12.4 Å². The second-order valence-corrected chi connectivity index (χ2v) is 3.56. The van der Waals surface area contributed by atoms with Crippen molar-refractivity contribution in [3.05, 3.63) is 30.1 Å². The molecule has 0 aliphatic rings. The van der Waals surface area contributed by atoms with E-state index in [9.17, 15) is 14.0 Å². The van der Waals surface area contributed by atoms with Crippen LogP contribution in [0, 0.1) is 5.82 Å². The molecule has 0 saturated heterocycles. The second kappa shape index (κ2) is 7.62. The van der Waals surface area contributed by atoms with Crippen molar-refractivity contribution in [2.75, 3.05) is 11.9 Å². The van der Waals surface area contributed by atoms with Gasteiger partial charge in [0.25, 0.3) is 0 Å². The van der Waals surface area contributed by atoms with Gasteiger partial charge in [-0.1, -0.05) is 0 Å². The van der Waals surface area contributed by atoms with Crippen molar-refractivity contribution in [2.45, 2.75) is 13.0 Å². The molecule has 18 heavy (non-hydrogen) atoms. The van der Waals surface area contributed by atoms with Gasteiger partial charge in [0.1, 0.15) is 5.82 Å². The van der Waals surface area contributed by atoms with E-state index in [0.717, 1.165) is 0 Å². The van der Waals surface area contributed by atoms with Crippen LogP contribution in [-0.4, -0.2) is 24.4 Å². The van der Waals surface area contributed by atoms with Crippen LogP contribution in [0.2, 0.25) is 0 Å². The Morgan fingerprint density at radius 2 is 1.89 bits per heavy atom. The number of anilines is 1. The lowest BCUT2D eigenvalue weighted by atomic mass is 10.3. The van der Waals surface area contributed by atoms with Crippen molar-refractivity contribution in [3.8, 4) is 0 Å². The molecule has 1 aromatic carbocycles. The fraction of sp³-hybridized carbons (Fsp3) is 0.273. The summed E-state index contributed by atoms with van der Waals surface area (Å²) in [6, 6.07) is 4.67. The van der Waals surface area contributed by atoms with Crippen LogP contribution in [0.3, 0.4) is 0 Å². The second-order valence-electron chi connectivity index (χ2n) is 3.56. The maximum absolute atomic E-state index is 12.6. The van der Waals surface area contributed by atoms with Crippen LogP contribution >= 0.6 is 12.4 Å². The van der Waals surface area contributed by atoms with E-state index in [4.69, 9.17) is 5.73 Å². The Labute approximate surface area is 110 Å². The molecule has 0 bridgehead atoms. The number of nitrogens with two attached hydrogens (primary N) is 1. The predicted molar refractivity (Wildman–Crippen MR) is 68.9 cm³/mol. The van der Waals surface area contributed by atoms with E-state index >= 15 is 0 Å². The molecule has 1 atom stereocenters. The van der Waals surface area contributed by atoms with Gasteiger partial charge in [0.05, 0.1) is 12.6 Å². The molecule has 100 valence electrons. The smallest absolute Gasteiger partial charge is 0.243 e. The minimum absolute atomic E-state index is 0. The van der Waals surface area contributed by atoms with Crippen molar-refractivity contribution in [1.82, 2.24) is 5.32 Å². The molecule has 0 radical (unpaired) electrons. The summed E-state index contributed by atoms with van der Waals surface area (Å²) in [5.74, 6) is -1.18. The summed E-state index contributed by atoms with van der Waals surface area (Å²) >= 11 is 0. The molecule has 0 saturated carbocycles. The molecule has 0 heterocycles. The molecule has 0 unspecified atom stereocenters. The molecule has 1 aromatic rings. The lowest BCUT2D eigenvalue weighted by Crippen LogP contribution is -2.41. The Balaban J connectivity index is 0.00000289. The molecular formula is C11H15ClFN3O2. The molecule has 5 nitrogen and oxygen atoms in total. The quantitative estimate of drug-likeness (QED) is 0.754. The lowest BCUT2D eigenvalue weighted by Gasteiger charge is -2.08. The van der Waals surface area contributed by atoms with Crippen molar-refractivity contribution >= 4 is 29.9 Å². The van der Waals surface area contributed by atoms with Crippen LogP contribution in [0.5, 0.6) is 0 Å². The van der Waals surface area contributed by atoms with Crippen LogP contribution in [0.15, 0.2) is 24.3 Å². The van der Waals surface area contributed by atoms with Gasteiger partial charge in [0.2, 0.25) is 11.8 Å². The van der Waals surface area contributed by atoms with Gasteiger partial charge in [-0.25, -0.2) is 4.39 Å². The number of benzene rings is 1. The zero-order chi connectivity index (χ0) is 12.8. The molecule has 4 N–H and O–H groups in total. The van der Waals surface area contributed by atoms with Gasteiger partial charge in [-0.05, 0) is 31.2 Å². The molecule has 1 rings (SSSR count). The number of carbonyl (C=O) groups excluding carboxylic acids is 2. The molecule has 7 heteroatoms. The third-order valence-electron chi connectivity index (χ3n) is 1.96. The minimum atomic E-state index is -0.659. The highest BCUT2D eigenvalue weighted by Crippen LogP contribution is 2.07. The number of rotatable bonds is 4. The van der Waals surface area contributed by atoms with Gasteiger partial charge in [-0.2, -0.15) is 0 Å². The molecule has 0 aliphatic carbocycles. The van der Waals surface area contributed by atoms with Crippen LogP contribution in [0.25, 0.3) is 0 Å². The standard InChI is InChI=1S/C11H14FN3O2.ClH/c1-7(13)11(17)14-6-10(16)15-9-4-2-8(12)3-5-9;/h2-5,7H,6,13H2,1H3,(H,14,17)(H,15,16);1H/t7-;/m1./s1. The van der Waals surface area contributed by atoms with Crippen LogP contribution in [0.1, 0.15) is 6.92 Å². The zero-order valence-corrected chi connectivity index (χ0v) is 10.6. The molecule has 0 fully saturated rings. The van der Waals surface area contributed by atoms with Crippen molar-refractivity contribution in [2.24, 2.45) is 5.73 Å². The van der Waals surface area contributed by atoms with Crippen LogP contribution in [-0.2, 0) is 9.59 Å². The van der Waals surface area contributed by atoms with E-state index < -0.39 is 17.9 Å². The first-order valence-corrected chi connectivity index (χ1v) is 5.08. The summed E-state index contributed by atoms with van der Waals surface area (Å²) in [5, 5.41) is 4.87. The molecular weight excluding hydrogens is 261 g/mol. The summed E-state index contributed by atoms with van der Waals surface area (Å²) < 4.78 is 12.6. The summed E-state index contributed by atoms with van der Waals surface area (Å²) in [6.07, 6.45) is 0. The van der Waals surface area contributed by atoms with Gasteiger partial charge in [0, 0.05) is 5.69 Å². The normalized spacial score (nSPS) is 11.1. The van der Waals surface area contributed by atoms with Crippen LogP contribution in [0.4, 0.5) is 10.1 Å². The first kappa shape index (κ1) is 16.3. The number of amides is 2. The van der Waals surface area contributed by atoms with Crippen LogP contribution < -0.4 is 16.4 Å². The van der Waals surface area contributed by atoms with E-state index in [-0.39, 0.29) is 24.8 Å². The number of hydrogen-bond donors (Lipinski definition) is 3. The summed E-state index contributed by atoms with van der Waals surface area (Å²) in [5.41, 5.74) is 5.77. The van der Waals surface area contributed by atoms with Gasteiger partial charge < -0.3 is 16.4 Å². The summed E-state index contributed by atoms with van der Waals surface area (Å²) in [7, 11) is 0. The molecule has 0 aliphatic heterocycles. The number of halogens is 2. The predicted octanol–water partition coefficient (Wildman–Crippen LogP) is 0.649. The maximum atomic E-state index is 12.6. The monoisotopic (exact) mass is 275 g/mol. The number of hydrogen-bond acceptors (Lipinski definition) is 3. The molecule has 0 aromatic heterocycles. The number of carbonyl (C=O) groups is 2. The Morgan fingerprint density at radius 3 is 2.39 bits per heavy atom. The topological polar surface area (TPSA) is 84.2 Å². The fourth-order valence-corrected chi connectivity index (χ4v) is 1.07. The lowest BCUT2D eigenvalue weighted by molar-refractivity contribution is -0.124. The van der Waals surface area contributed by atoms with Crippen molar-refractivity contribution < 1.29 is 14.0 Å². The SMILES string of the molecule is C[C@@H](N)C(=O)NCC(=O)Nc1ccc(F)cc1.Cl. The van der Waals surface area contributed by atoms with Gasteiger partial charge >= 0.3 is 0 Å². The first-order valence-electron chi connectivity index (χ1n) is 5.08. The largest absolute Gasteiger partial charge is 0.346 e. The summed E-state index contributed by atoms with van der Waals surface area (Å²) in [4.78, 5) is 22.4. The van der Waals surface area contributed by atoms with E-state index in [1.165, 1.54) is 31.2 Å². The van der Waals surface area contributed by atoms with Crippen molar-refractivity contribution in [1.29, 1.82) is 0 Å². The van der Waals surface area contributed by atoms with Gasteiger partial charge in [-0.3, -0.25) is 9.59 Å². The zero-order valence-electron chi connectivity index (χ0n) is 9.77. The summed E-state index contributed by atoms with van der Waals surface area (Å²) in [6.45, 7) is 1.35. The Morgan fingerprint density at radius 1 is 1.33 bits per heavy atom. The van der Waals surface area contributed by atoms with Crippen molar-refractivity contribution in [3.63, 3.8) is 0 Å². The Bertz CT molecular complexity index is 409. The Kier molecular flexibility index (Phi) is 6.92. The van der Waals surface area contributed by atoms with E-state index in [0.29, 0.717) is 5.69 Å². The number of nitrogens with one attached hydrogen (secondary N) is 2. The van der Waals surface area contributed by atoms with E-state index in [2.05, 4.69) is 10.6 Å². The highest BCUT2D eigenvalue weighted by molar-refractivity contribution is 5.95. The maximum Gasteiger partial charge on any atom is 0.243 e. The van der Waals surface area contributed by atoms with E-state index in [1.807, 2.05) is 0 Å². The highest BCUT2D eigenvalue weighted by Gasteiger charge is 2.09. The molecule has 2 amide bonds.